The van der Waals surface area contributed by atoms with Gasteiger partial charge < -0.3 is 15.0 Å². The molecule has 20 heavy (non-hydrogen) atoms. The van der Waals surface area contributed by atoms with Gasteiger partial charge in [0.2, 0.25) is 0 Å². The first-order valence-corrected chi connectivity index (χ1v) is 8.43. The number of hydrogen-bond donors (Lipinski definition) is 1. The van der Waals surface area contributed by atoms with Crippen LogP contribution < -0.4 is 5.32 Å². The van der Waals surface area contributed by atoms with Crippen LogP contribution >= 0.6 is 0 Å². The van der Waals surface area contributed by atoms with Crippen molar-refractivity contribution >= 4 is 0 Å². The third-order valence-corrected chi connectivity index (χ3v) is 4.96. The quantitative estimate of drug-likeness (QED) is 0.839. The molecular formula is C17H34N2O. The highest BCUT2D eigenvalue weighted by atomic mass is 16.5. The average molecular weight is 282 g/mol. The Kier molecular flexibility index (Phi) is 5.49. The summed E-state index contributed by atoms with van der Waals surface area (Å²) in [7, 11) is 2.33. The Morgan fingerprint density at radius 1 is 1.20 bits per heavy atom. The molecule has 3 heteroatoms. The summed E-state index contributed by atoms with van der Waals surface area (Å²) in [5.74, 6) is 0. The Balaban J connectivity index is 1.90. The van der Waals surface area contributed by atoms with E-state index in [0.717, 1.165) is 25.8 Å². The molecule has 0 aromatic heterocycles. The molecule has 1 N–H and O–H groups in total. The lowest BCUT2D eigenvalue weighted by Gasteiger charge is -2.39. The number of ether oxygens (including phenoxy) is 1. The molecule has 0 bridgehead atoms. The minimum Gasteiger partial charge on any atom is -0.381 e. The predicted molar refractivity (Wildman–Crippen MR) is 85.1 cm³/mol. The standard InChI is InChI=1S/C17H34N2O/c1-16(2,3)18-12-17(10-11-20-14-17)13-19(4)15-8-6-5-7-9-15/h15,18H,5-14H2,1-4H3. The van der Waals surface area contributed by atoms with Crippen LogP contribution in [0.15, 0.2) is 0 Å². The Morgan fingerprint density at radius 2 is 1.90 bits per heavy atom. The molecular weight excluding hydrogens is 248 g/mol. The minimum absolute atomic E-state index is 0.193. The summed E-state index contributed by atoms with van der Waals surface area (Å²) in [4.78, 5) is 2.62. The van der Waals surface area contributed by atoms with Gasteiger partial charge in [-0.15, -0.1) is 0 Å². The van der Waals surface area contributed by atoms with Crippen LogP contribution in [0.25, 0.3) is 0 Å². The lowest BCUT2D eigenvalue weighted by Crippen LogP contribution is -2.50. The highest BCUT2D eigenvalue weighted by Crippen LogP contribution is 2.32. The van der Waals surface area contributed by atoms with Crippen molar-refractivity contribution in [2.75, 3.05) is 33.4 Å². The number of rotatable bonds is 5. The van der Waals surface area contributed by atoms with Crippen molar-refractivity contribution in [1.82, 2.24) is 10.2 Å². The molecule has 1 heterocycles. The number of nitrogens with one attached hydrogen (secondary N) is 1. The van der Waals surface area contributed by atoms with Crippen molar-refractivity contribution in [3.63, 3.8) is 0 Å². The van der Waals surface area contributed by atoms with Gasteiger partial charge in [0.15, 0.2) is 0 Å². The van der Waals surface area contributed by atoms with Gasteiger partial charge in [-0.3, -0.25) is 0 Å². The van der Waals surface area contributed by atoms with Crippen molar-refractivity contribution in [3.8, 4) is 0 Å². The first-order chi connectivity index (χ1) is 9.40. The molecule has 0 aromatic rings. The van der Waals surface area contributed by atoms with Gasteiger partial charge in [-0.05, 0) is 47.1 Å². The summed E-state index contributed by atoms with van der Waals surface area (Å²) in [6, 6.07) is 0.802. The topological polar surface area (TPSA) is 24.5 Å². The number of nitrogens with zero attached hydrogens (tertiary/aromatic N) is 1. The smallest absolute Gasteiger partial charge is 0.0547 e. The highest BCUT2D eigenvalue weighted by Gasteiger charge is 2.38. The zero-order valence-electron chi connectivity index (χ0n) is 14.0. The molecule has 1 aliphatic carbocycles. The fraction of sp³-hybridized carbons (Fsp3) is 1.00. The lowest BCUT2D eigenvalue weighted by atomic mass is 9.84. The zero-order valence-corrected chi connectivity index (χ0v) is 14.0. The molecule has 0 aromatic carbocycles. The minimum atomic E-state index is 0.193. The molecule has 118 valence electrons. The molecule has 2 rings (SSSR count). The summed E-state index contributed by atoms with van der Waals surface area (Å²) in [5, 5.41) is 3.71. The van der Waals surface area contributed by atoms with Crippen molar-refractivity contribution < 1.29 is 4.74 Å². The molecule has 1 aliphatic heterocycles. The first kappa shape index (κ1) is 16.3. The van der Waals surface area contributed by atoms with E-state index in [0.29, 0.717) is 5.41 Å². The second-order valence-corrected chi connectivity index (χ2v) is 8.11. The Bertz CT molecular complexity index is 286. The SMILES string of the molecule is CN(CC1(CNC(C)(C)C)CCOC1)C1CCCCC1. The summed E-state index contributed by atoms with van der Waals surface area (Å²) >= 11 is 0. The lowest BCUT2D eigenvalue weighted by molar-refractivity contribution is 0.0847. The van der Waals surface area contributed by atoms with Gasteiger partial charge in [0.1, 0.15) is 0 Å². The van der Waals surface area contributed by atoms with Crippen LogP contribution in [0.1, 0.15) is 59.3 Å². The van der Waals surface area contributed by atoms with Crippen molar-refractivity contribution in [2.24, 2.45) is 5.41 Å². The van der Waals surface area contributed by atoms with E-state index >= 15 is 0 Å². The van der Waals surface area contributed by atoms with E-state index < -0.39 is 0 Å². The van der Waals surface area contributed by atoms with E-state index in [1.165, 1.54) is 45.1 Å². The number of hydrogen-bond acceptors (Lipinski definition) is 3. The Labute approximate surface area is 125 Å². The van der Waals surface area contributed by atoms with Crippen LogP contribution in [-0.2, 0) is 4.74 Å². The summed E-state index contributed by atoms with van der Waals surface area (Å²) in [6.07, 6.45) is 8.25. The average Bonchev–Trinajstić information content (AvgIpc) is 2.86. The van der Waals surface area contributed by atoms with Crippen molar-refractivity contribution in [2.45, 2.75) is 70.9 Å². The predicted octanol–water partition coefficient (Wildman–Crippen LogP) is 3.05. The van der Waals surface area contributed by atoms with Gasteiger partial charge in [-0.1, -0.05) is 19.3 Å². The van der Waals surface area contributed by atoms with E-state index in [9.17, 15) is 0 Å². The first-order valence-electron chi connectivity index (χ1n) is 8.43. The second kappa shape index (κ2) is 6.76. The monoisotopic (exact) mass is 282 g/mol. The zero-order chi connectivity index (χ0) is 14.6. The van der Waals surface area contributed by atoms with E-state index in [-0.39, 0.29) is 5.54 Å². The van der Waals surface area contributed by atoms with Crippen LogP contribution in [0.3, 0.4) is 0 Å². The largest absolute Gasteiger partial charge is 0.381 e. The van der Waals surface area contributed by atoms with Crippen LogP contribution in [0.4, 0.5) is 0 Å². The molecule has 1 unspecified atom stereocenters. The summed E-state index contributed by atoms with van der Waals surface area (Å²) in [5.41, 5.74) is 0.512. The molecule has 0 spiro atoms. The Hall–Kier alpha value is -0.120. The van der Waals surface area contributed by atoms with E-state index in [2.05, 4.69) is 38.0 Å². The maximum absolute atomic E-state index is 5.75. The van der Waals surface area contributed by atoms with Gasteiger partial charge in [0, 0.05) is 36.7 Å². The molecule has 3 nitrogen and oxygen atoms in total. The normalized spacial score (nSPS) is 29.2. The third-order valence-electron chi connectivity index (χ3n) is 4.96. The fourth-order valence-corrected chi connectivity index (χ4v) is 3.60. The molecule has 0 amide bonds. The van der Waals surface area contributed by atoms with E-state index in [1.54, 1.807) is 0 Å². The Morgan fingerprint density at radius 3 is 2.45 bits per heavy atom. The van der Waals surface area contributed by atoms with Crippen LogP contribution in [-0.4, -0.2) is 49.8 Å². The van der Waals surface area contributed by atoms with Crippen LogP contribution in [0, 0.1) is 5.41 Å². The third kappa shape index (κ3) is 4.71. The second-order valence-electron chi connectivity index (χ2n) is 8.11. The maximum Gasteiger partial charge on any atom is 0.0547 e. The molecule has 2 fully saturated rings. The van der Waals surface area contributed by atoms with Gasteiger partial charge in [-0.2, -0.15) is 0 Å². The van der Waals surface area contributed by atoms with Gasteiger partial charge in [0.25, 0.3) is 0 Å². The molecule has 1 saturated heterocycles. The molecule has 2 aliphatic rings. The van der Waals surface area contributed by atoms with Crippen LogP contribution in [0.5, 0.6) is 0 Å². The maximum atomic E-state index is 5.75. The molecule has 1 atom stereocenters. The van der Waals surface area contributed by atoms with Gasteiger partial charge in [-0.25, -0.2) is 0 Å². The molecule has 1 saturated carbocycles. The van der Waals surface area contributed by atoms with Crippen molar-refractivity contribution in [1.29, 1.82) is 0 Å². The van der Waals surface area contributed by atoms with Crippen molar-refractivity contribution in [3.05, 3.63) is 0 Å². The van der Waals surface area contributed by atoms with E-state index in [4.69, 9.17) is 4.74 Å². The summed E-state index contributed by atoms with van der Waals surface area (Å²) < 4.78 is 5.75. The van der Waals surface area contributed by atoms with Crippen LogP contribution in [0.2, 0.25) is 0 Å². The highest BCUT2D eigenvalue weighted by molar-refractivity contribution is 4.91. The van der Waals surface area contributed by atoms with Gasteiger partial charge >= 0.3 is 0 Å². The fourth-order valence-electron chi connectivity index (χ4n) is 3.60. The van der Waals surface area contributed by atoms with Gasteiger partial charge in [0.05, 0.1) is 6.61 Å². The molecule has 0 radical (unpaired) electrons. The summed E-state index contributed by atoms with van der Waals surface area (Å²) in [6.45, 7) is 10.9. The van der Waals surface area contributed by atoms with E-state index in [1.807, 2.05) is 0 Å².